The van der Waals surface area contributed by atoms with Gasteiger partial charge >= 0.3 is 0 Å². The average Bonchev–Trinajstić information content (AvgIpc) is 3.42. The molecule has 3 N–H and O–H groups in total. The molecule has 0 spiro atoms. The van der Waals surface area contributed by atoms with E-state index in [1.165, 1.54) is 10.4 Å². The molecule has 31 heavy (non-hydrogen) atoms. The number of para-hydroxylation sites is 1. The van der Waals surface area contributed by atoms with E-state index in [4.69, 9.17) is 5.73 Å². The third-order valence-corrected chi connectivity index (χ3v) is 7.11. The molecule has 2 aliphatic heterocycles. The van der Waals surface area contributed by atoms with Gasteiger partial charge in [0.15, 0.2) is 0 Å². The predicted molar refractivity (Wildman–Crippen MR) is 120 cm³/mol. The molecule has 1 atom stereocenters. The third-order valence-electron chi connectivity index (χ3n) is 6.08. The van der Waals surface area contributed by atoms with Crippen molar-refractivity contribution in [2.45, 2.75) is 51.2 Å². The molecule has 2 aromatic rings. The van der Waals surface area contributed by atoms with Crippen molar-refractivity contribution in [3.8, 4) is 0 Å². The Kier molecular flexibility index (Phi) is 6.67. The zero-order chi connectivity index (χ0) is 21.8. The number of hydrogen-bond donors (Lipinski definition) is 2. The second kappa shape index (κ2) is 9.62. The predicted octanol–water partition coefficient (Wildman–Crippen LogP) is 2.50. The van der Waals surface area contributed by atoms with E-state index >= 15 is 0 Å². The molecule has 3 amide bonds. The fourth-order valence-corrected chi connectivity index (χ4v) is 5.28. The molecule has 3 heterocycles. The Labute approximate surface area is 186 Å². The van der Waals surface area contributed by atoms with Gasteiger partial charge in [-0.25, -0.2) is 0 Å². The number of thiophene rings is 1. The number of benzene rings is 1. The smallest absolute Gasteiger partial charge is 0.234 e. The number of carbonyl (C=O) groups is 3. The van der Waals surface area contributed by atoms with E-state index in [1.54, 1.807) is 11.3 Å². The fraction of sp³-hybridized carbons (Fsp3) is 0.435. The molecule has 1 saturated heterocycles. The summed E-state index contributed by atoms with van der Waals surface area (Å²) in [5.74, 6) is -0.464. The normalized spacial score (nSPS) is 18.6. The van der Waals surface area contributed by atoms with Crippen LogP contribution in [0, 0.1) is 0 Å². The van der Waals surface area contributed by atoms with Gasteiger partial charge in [-0.15, -0.1) is 11.3 Å². The van der Waals surface area contributed by atoms with E-state index in [-0.39, 0.29) is 36.6 Å². The van der Waals surface area contributed by atoms with Gasteiger partial charge in [-0.05, 0) is 54.4 Å². The third kappa shape index (κ3) is 5.14. The van der Waals surface area contributed by atoms with Gasteiger partial charge in [0, 0.05) is 43.0 Å². The Bertz CT molecular complexity index is 973. The molecule has 164 valence electrons. The SMILES string of the molecule is NC(=O)C1CCCN1Cc1ccccc1NC(=O)CCC(=O)N1CCc2sccc2C1. The number of nitrogens with one attached hydrogen (secondary N) is 1. The van der Waals surface area contributed by atoms with Gasteiger partial charge in [0.05, 0.1) is 6.04 Å². The lowest BCUT2D eigenvalue weighted by molar-refractivity contribution is -0.133. The van der Waals surface area contributed by atoms with Crippen LogP contribution in [0.3, 0.4) is 0 Å². The van der Waals surface area contributed by atoms with Crippen molar-refractivity contribution >= 4 is 34.7 Å². The van der Waals surface area contributed by atoms with Crippen LogP contribution < -0.4 is 11.1 Å². The van der Waals surface area contributed by atoms with Crippen LogP contribution in [0.2, 0.25) is 0 Å². The molecule has 0 aliphatic carbocycles. The number of hydrogen-bond acceptors (Lipinski definition) is 5. The van der Waals surface area contributed by atoms with Gasteiger partial charge in [0.25, 0.3) is 0 Å². The number of amides is 3. The van der Waals surface area contributed by atoms with Crippen molar-refractivity contribution in [1.82, 2.24) is 9.80 Å². The second-order valence-electron chi connectivity index (χ2n) is 8.17. The Morgan fingerprint density at radius 3 is 2.81 bits per heavy atom. The van der Waals surface area contributed by atoms with E-state index in [2.05, 4.69) is 21.7 Å². The van der Waals surface area contributed by atoms with Crippen LogP contribution in [0.4, 0.5) is 5.69 Å². The summed E-state index contributed by atoms with van der Waals surface area (Å²) in [6, 6.07) is 9.41. The standard InChI is InChI=1S/C23H28N4O3S/c24-23(30)19-6-3-11-26(19)14-16-4-1-2-5-18(16)25-21(28)7-8-22(29)27-12-9-20-17(15-27)10-13-31-20/h1-2,4-5,10,13,19H,3,6-9,11-12,14-15H2,(H2,24,30)(H,25,28). The number of anilines is 1. The first-order valence-corrected chi connectivity index (χ1v) is 11.6. The lowest BCUT2D eigenvalue weighted by Crippen LogP contribution is -2.39. The van der Waals surface area contributed by atoms with E-state index in [1.807, 2.05) is 29.2 Å². The van der Waals surface area contributed by atoms with Crippen LogP contribution in [-0.2, 0) is 33.9 Å². The molecule has 0 bridgehead atoms. The van der Waals surface area contributed by atoms with E-state index < -0.39 is 0 Å². The minimum atomic E-state index is -0.301. The van der Waals surface area contributed by atoms with Gasteiger partial charge in [0.1, 0.15) is 0 Å². The van der Waals surface area contributed by atoms with Crippen molar-refractivity contribution in [2.24, 2.45) is 5.73 Å². The fourth-order valence-electron chi connectivity index (χ4n) is 4.39. The van der Waals surface area contributed by atoms with E-state index in [0.717, 1.165) is 37.1 Å². The minimum absolute atomic E-state index is 0.0154. The Hall–Kier alpha value is -2.71. The maximum Gasteiger partial charge on any atom is 0.234 e. The number of rotatable bonds is 7. The zero-order valence-electron chi connectivity index (χ0n) is 17.5. The summed E-state index contributed by atoms with van der Waals surface area (Å²) in [4.78, 5) is 42.1. The number of primary amides is 1. The Balaban J connectivity index is 1.31. The highest BCUT2D eigenvalue weighted by molar-refractivity contribution is 7.10. The first kappa shape index (κ1) is 21.5. The molecule has 8 heteroatoms. The van der Waals surface area contributed by atoms with Crippen molar-refractivity contribution in [3.05, 3.63) is 51.7 Å². The Morgan fingerprint density at radius 2 is 1.97 bits per heavy atom. The largest absolute Gasteiger partial charge is 0.368 e. The number of nitrogens with two attached hydrogens (primary N) is 1. The highest BCUT2D eigenvalue weighted by Crippen LogP contribution is 2.25. The molecular weight excluding hydrogens is 412 g/mol. The molecule has 0 radical (unpaired) electrons. The summed E-state index contributed by atoms with van der Waals surface area (Å²) in [5, 5.41) is 5.01. The molecular formula is C23H28N4O3S. The van der Waals surface area contributed by atoms with Crippen molar-refractivity contribution in [1.29, 1.82) is 0 Å². The molecule has 4 rings (SSSR count). The number of carbonyl (C=O) groups excluding carboxylic acids is 3. The maximum absolute atomic E-state index is 12.6. The second-order valence-corrected chi connectivity index (χ2v) is 9.17. The van der Waals surface area contributed by atoms with Crippen LogP contribution >= 0.6 is 11.3 Å². The lowest BCUT2D eigenvalue weighted by Gasteiger charge is -2.27. The van der Waals surface area contributed by atoms with Gasteiger partial charge in [-0.3, -0.25) is 19.3 Å². The van der Waals surface area contributed by atoms with E-state index in [9.17, 15) is 14.4 Å². The highest BCUT2D eigenvalue weighted by Gasteiger charge is 2.29. The zero-order valence-corrected chi connectivity index (χ0v) is 18.3. The summed E-state index contributed by atoms with van der Waals surface area (Å²) in [5.41, 5.74) is 8.41. The molecule has 1 unspecified atom stereocenters. The first-order chi connectivity index (χ1) is 15.0. The monoisotopic (exact) mass is 440 g/mol. The van der Waals surface area contributed by atoms with Gasteiger partial charge in [-0.1, -0.05) is 18.2 Å². The van der Waals surface area contributed by atoms with Crippen LogP contribution in [0.5, 0.6) is 0 Å². The molecule has 7 nitrogen and oxygen atoms in total. The van der Waals surface area contributed by atoms with E-state index in [0.29, 0.717) is 19.6 Å². The molecule has 0 saturated carbocycles. The van der Waals surface area contributed by atoms with Crippen LogP contribution in [0.15, 0.2) is 35.7 Å². The summed E-state index contributed by atoms with van der Waals surface area (Å²) >= 11 is 1.74. The van der Waals surface area contributed by atoms with Gasteiger partial charge in [-0.2, -0.15) is 0 Å². The lowest BCUT2D eigenvalue weighted by atomic mass is 10.1. The first-order valence-electron chi connectivity index (χ1n) is 10.8. The quantitative estimate of drug-likeness (QED) is 0.692. The van der Waals surface area contributed by atoms with Crippen molar-refractivity contribution < 1.29 is 14.4 Å². The highest BCUT2D eigenvalue weighted by atomic mass is 32.1. The molecule has 1 fully saturated rings. The molecule has 2 aliphatic rings. The molecule has 1 aromatic carbocycles. The van der Waals surface area contributed by atoms with Crippen LogP contribution in [-0.4, -0.2) is 46.7 Å². The number of fused-ring (bicyclic) bond motifs is 1. The van der Waals surface area contributed by atoms with Gasteiger partial charge in [0.2, 0.25) is 17.7 Å². The number of likely N-dealkylation sites (tertiary alicyclic amines) is 1. The topological polar surface area (TPSA) is 95.7 Å². The summed E-state index contributed by atoms with van der Waals surface area (Å²) in [7, 11) is 0. The van der Waals surface area contributed by atoms with Crippen LogP contribution in [0.25, 0.3) is 0 Å². The minimum Gasteiger partial charge on any atom is -0.368 e. The van der Waals surface area contributed by atoms with Crippen molar-refractivity contribution in [3.63, 3.8) is 0 Å². The van der Waals surface area contributed by atoms with Crippen molar-refractivity contribution in [2.75, 3.05) is 18.4 Å². The summed E-state index contributed by atoms with van der Waals surface area (Å²) < 4.78 is 0. The molecule has 1 aromatic heterocycles. The number of nitrogens with zero attached hydrogens (tertiary/aromatic N) is 2. The summed E-state index contributed by atoms with van der Waals surface area (Å²) in [6.07, 6.45) is 2.95. The van der Waals surface area contributed by atoms with Gasteiger partial charge < -0.3 is 16.0 Å². The average molecular weight is 441 g/mol. The Morgan fingerprint density at radius 1 is 1.13 bits per heavy atom. The maximum atomic E-state index is 12.6. The summed E-state index contributed by atoms with van der Waals surface area (Å²) in [6.45, 7) is 2.72. The van der Waals surface area contributed by atoms with Crippen LogP contribution in [0.1, 0.15) is 41.7 Å².